The number of piperazine rings is 1. The monoisotopic (exact) mass is 559 g/mol. The van der Waals surface area contributed by atoms with Gasteiger partial charge in [-0.15, -0.1) is 0 Å². The van der Waals surface area contributed by atoms with E-state index in [2.05, 4.69) is 10.2 Å². The lowest BCUT2D eigenvalue weighted by atomic mass is 10.0. The van der Waals surface area contributed by atoms with E-state index in [4.69, 9.17) is 10.5 Å². The second kappa shape index (κ2) is 14.3. The van der Waals surface area contributed by atoms with E-state index in [0.717, 1.165) is 16.8 Å². The number of carbonyl (C=O) groups is 3. The highest BCUT2D eigenvalue weighted by Crippen LogP contribution is 2.19. The van der Waals surface area contributed by atoms with Crippen LogP contribution >= 0.6 is 0 Å². The molecule has 8 nitrogen and oxygen atoms in total. The van der Waals surface area contributed by atoms with E-state index in [-0.39, 0.29) is 18.1 Å². The zero-order chi connectivity index (χ0) is 29.2. The summed E-state index contributed by atoms with van der Waals surface area (Å²) in [6.45, 7) is 4.22. The molecule has 3 N–H and O–H groups in total. The highest BCUT2D eigenvalue weighted by Gasteiger charge is 2.29. The fourth-order valence-corrected chi connectivity index (χ4v) is 4.59. The molecule has 0 saturated carbocycles. The van der Waals surface area contributed by atoms with Gasteiger partial charge in [-0.3, -0.25) is 14.4 Å². The van der Waals surface area contributed by atoms with Crippen LogP contribution in [0.15, 0.2) is 78.9 Å². The topological polar surface area (TPSA) is 105 Å². The second-order valence-corrected chi connectivity index (χ2v) is 10.2. The Morgan fingerprint density at radius 2 is 1.59 bits per heavy atom. The lowest BCUT2D eigenvalue weighted by molar-refractivity contribution is -0.136. The number of anilines is 1. The molecule has 2 atom stereocenters. The summed E-state index contributed by atoms with van der Waals surface area (Å²) < 4.78 is 19.2. The molecule has 1 saturated heterocycles. The lowest BCUT2D eigenvalue weighted by Gasteiger charge is -2.37. The average Bonchev–Trinajstić information content (AvgIpc) is 2.99. The molecule has 2 unspecified atom stereocenters. The fourth-order valence-electron chi connectivity index (χ4n) is 4.59. The van der Waals surface area contributed by atoms with E-state index in [1.54, 1.807) is 24.0 Å². The maximum Gasteiger partial charge on any atom is 0.245 e. The number of halogens is 1. The molecule has 0 aliphatic carbocycles. The van der Waals surface area contributed by atoms with Crippen molar-refractivity contribution < 1.29 is 23.5 Å². The van der Waals surface area contributed by atoms with Gasteiger partial charge in [0.1, 0.15) is 24.2 Å². The molecule has 1 aliphatic rings. The first-order valence-corrected chi connectivity index (χ1v) is 13.8. The number of carbonyl (C=O) groups excluding carboxylic acids is 3. The molecule has 215 valence electrons. The summed E-state index contributed by atoms with van der Waals surface area (Å²) in [6, 6.07) is 22.8. The summed E-state index contributed by atoms with van der Waals surface area (Å²) in [6.07, 6.45) is 1.84. The van der Waals surface area contributed by atoms with Gasteiger partial charge in [-0.1, -0.05) is 49.4 Å². The predicted octanol–water partition coefficient (Wildman–Crippen LogP) is 3.50. The van der Waals surface area contributed by atoms with Crippen LogP contribution in [0.5, 0.6) is 5.75 Å². The maximum atomic E-state index is 13.6. The molecule has 1 aliphatic heterocycles. The Morgan fingerprint density at radius 1 is 0.927 bits per heavy atom. The molecule has 0 bridgehead atoms. The van der Waals surface area contributed by atoms with Gasteiger partial charge in [0.05, 0.1) is 6.42 Å². The van der Waals surface area contributed by atoms with Crippen LogP contribution < -0.4 is 20.7 Å². The number of ether oxygens (including phenoxy) is 1. The Labute approximate surface area is 240 Å². The van der Waals surface area contributed by atoms with Crippen molar-refractivity contribution in [3.63, 3.8) is 0 Å². The zero-order valence-electron chi connectivity index (χ0n) is 23.2. The molecular formula is C32H36FN4O4. The van der Waals surface area contributed by atoms with E-state index >= 15 is 0 Å². The number of nitrogens with two attached hydrogens (primary N) is 1. The number of nitrogens with one attached hydrogen (secondary N) is 1. The van der Waals surface area contributed by atoms with Crippen LogP contribution in [-0.2, 0) is 27.4 Å². The van der Waals surface area contributed by atoms with Crippen molar-refractivity contribution in [3.8, 4) is 5.75 Å². The molecule has 0 spiro atoms. The fraction of sp³-hybridized carbons (Fsp3) is 0.312. The number of amides is 3. The van der Waals surface area contributed by atoms with Crippen molar-refractivity contribution in [2.75, 3.05) is 31.1 Å². The zero-order valence-corrected chi connectivity index (χ0v) is 23.2. The van der Waals surface area contributed by atoms with Gasteiger partial charge in [0, 0.05) is 44.2 Å². The van der Waals surface area contributed by atoms with Gasteiger partial charge in [0.2, 0.25) is 17.7 Å². The highest BCUT2D eigenvalue weighted by molar-refractivity contribution is 5.92. The minimum Gasteiger partial charge on any atom is -0.489 e. The standard InChI is InChI=1S/C32H36FN4O4/c1-23(31(34)39)7-16-30(38)35-29(21-24-8-14-28(15-9-24)41-22-25-5-3-2-4-6-25)32(40)37-19-17-36(18-20-37)27-12-10-26(33)11-13-27/h2-6,8-16,23,29H,7,17-22H2,1H3,(H2,34,39)(H,35,38). The minimum atomic E-state index is -0.795. The molecule has 1 fully saturated rings. The van der Waals surface area contributed by atoms with E-state index in [1.807, 2.05) is 54.6 Å². The number of hydrogen-bond donors (Lipinski definition) is 2. The summed E-state index contributed by atoms with van der Waals surface area (Å²) in [7, 11) is 0. The molecule has 3 aromatic carbocycles. The Hall–Kier alpha value is -4.40. The number of rotatable bonds is 12. The Kier molecular flexibility index (Phi) is 10.3. The summed E-state index contributed by atoms with van der Waals surface area (Å²) >= 11 is 0. The van der Waals surface area contributed by atoms with E-state index in [0.29, 0.717) is 45.0 Å². The highest BCUT2D eigenvalue weighted by atomic mass is 19.1. The van der Waals surface area contributed by atoms with Gasteiger partial charge < -0.3 is 25.6 Å². The normalized spacial score (nSPS) is 14.7. The van der Waals surface area contributed by atoms with Crippen LogP contribution in [0.25, 0.3) is 0 Å². The van der Waals surface area contributed by atoms with Crippen LogP contribution in [0.2, 0.25) is 0 Å². The van der Waals surface area contributed by atoms with Crippen LogP contribution in [0, 0.1) is 18.2 Å². The SMILES string of the molecule is CC(C[CH]C(=O)NC(Cc1ccc(OCc2ccccc2)cc1)C(=O)N1CCN(c2ccc(F)cc2)CC1)C(N)=O. The average molecular weight is 560 g/mol. The van der Waals surface area contributed by atoms with Gasteiger partial charge >= 0.3 is 0 Å². The first-order valence-electron chi connectivity index (χ1n) is 13.8. The van der Waals surface area contributed by atoms with Crippen LogP contribution in [0.3, 0.4) is 0 Å². The van der Waals surface area contributed by atoms with Crippen LogP contribution in [0.1, 0.15) is 24.5 Å². The molecule has 0 aromatic heterocycles. The Bertz CT molecular complexity index is 1290. The maximum absolute atomic E-state index is 13.6. The van der Waals surface area contributed by atoms with Gasteiger partial charge in [0.25, 0.3) is 0 Å². The number of primary amides is 1. The van der Waals surface area contributed by atoms with E-state index in [9.17, 15) is 18.8 Å². The lowest BCUT2D eigenvalue weighted by Crippen LogP contribution is -2.55. The van der Waals surface area contributed by atoms with Crippen molar-refractivity contribution in [2.45, 2.75) is 32.4 Å². The number of nitrogens with zero attached hydrogens (tertiary/aromatic N) is 2. The summed E-state index contributed by atoms with van der Waals surface area (Å²) in [5, 5.41) is 2.84. The van der Waals surface area contributed by atoms with Crippen molar-refractivity contribution in [1.82, 2.24) is 10.2 Å². The second-order valence-electron chi connectivity index (χ2n) is 10.2. The predicted molar refractivity (Wildman–Crippen MR) is 155 cm³/mol. The molecule has 3 aromatic rings. The molecule has 1 heterocycles. The molecule has 4 rings (SSSR count). The minimum absolute atomic E-state index is 0.183. The number of benzene rings is 3. The van der Waals surface area contributed by atoms with E-state index in [1.165, 1.54) is 18.6 Å². The van der Waals surface area contributed by atoms with Crippen molar-refractivity contribution in [3.05, 3.63) is 102 Å². The molecule has 9 heteroatoms. The molecule has 1 radical (unpaired) electrons. The van der Waals surface area contributed by atoms with Crippen LogP contribution in [-0.4, -0.2) is 54.8 Å². The van der Waals surface area contributed by atoms with Gasteiger partial charge in [-0.05, 0) is 53.9 Å². The third kappa shape index (κ3) is 8.79. The smallest absolute Gasteiger partial charge is 0.245 e. The third-order valence-electron chi connectivity index (χ3n) is 7.15. The quantitative estimate of drug-likeness (QED) is 0.354. The van der Waals surface area contributed by atoms with Gasteiger partial charge in [-0.25, -0.2) is 4.39 Å². The molecular weight excluding hydrogens is 523 g/mol. The van der Waals surface area contributed by atoms with Gasteiger partial charge in [0.15, 0.2) is 0 Å². The molecule has 3 amide bonds. The molecule has 41 heavy (non-hydrogen) atoms. The van der Waals surface area contributed by atoms with Crippen molar-refractivity contribution in [2.24, 2.45) is 11.7 Å². The van der Waals surface area contributed by atoms with Crippen molar-refractivity contribution >= 4 is 23.4 Å². The summed E-state index contributed by atoms with van der Waals surface area (Å²) in [4.78, 5) is 41.6. The first kappa shape index (κ1) is 29.6. The Balaban J connectivity index is 1.39. The van der Waals surface area contributed by atoms with Gasteiger partial charge in [-0.2, -0.15) is 0 Å². The van der Waals surface area contributed by atoms with Crippen LogP contribution in [0.4, 0.5) is 10.1 Å². The Morgan fingerprint density at radius 3 is 2.22 bits per heavy atom. The summed E-state index contributed by atoms with van der Waals surface area (Å²) in [5.74, 6) is -1.18. The van der Waals surface area contributed by atoms with E-state index < -0.39 is 23.8 Å². The van der Waals surface area contributed by atoms with Crippen molar-refractivity contribution in [1.29, 1.82) is 0 Å². The number of hydrogen-bond acceptors (Lipinski definition) is 5. The summed E-state index contributed by atoms with van der Waals surface area (Å²) in [5.41, 5.74) is 8.14. The first-order chi connectivity index (χ1) is 19.8. The largest absolute Gasteiger partial charge is 0.489 e. The third-order valence-corrected chi connectivity index (χ3v) is 7.15.